The van der Waals surface area contributed by atoms with Crippen molar-refractivity contribution >= 4 is 0 Å². The van der Waals surface area contributed by atoms with Gasteiger partial charge < -0.3 is 10.1 Å². The Morgan fingerprint density at radius 1 is 1.15 bits per heavy atom. The molecule has 1 aromatic carbocycles. The molecule has 1 heterocycles. The van der Waals surface area contributed by atoms with Gasteiger partial charge in [0.1, 0.15) is 5.75 Å². The molecule has 2 aromatic rings. The smallest absolute Gasteiger partial charge is 0.163 e. The van der Waals surface area contributed by atoms with Crippen molar-refractivity contribution in [3.63, 3.8) is 0 Å². The molecule has 0 radical (unpaired) electrons. The van der Waals surface area contributed by atoms with Gasteiger partial charge in [-0.25, -0.2) is 9.97 Å². The van der Waals surface area contributed by atoms with Crippen LogP contribution in [-0.2, 0) is 6.54 Å². The molecule has 2 rings (SSSR count). The van der Waals surface area contributed by atoms with Gasteiger partial charge in [0, 0.05) is 12.7 Å². The summed E-state index contributed by atoms with van der Waals surface area (Å²) in [6.45, 7) is 6.52. The van der Waals surface area contributed by atoms with E-state index in [0.29, 0.717) is 12.4 Å². The highest BCUT2D eigenvalue weighted by molar-refractivity contribution is 5.63. The lowest BCUT2D eigenvalue weighted by molar-refractivity contribution is 0.341. The lowest BCUT2D eigenvalue weighted by atomic mass is 10.2. The minimum atomic E-state index is 0.634. The summed E-state index contributed by atoms with van der Waals surface area (Å²) in [5.74, 6) is 1.54. The van der Waals surface area contributed by atoms with Crippen molar-refractivity contribution in [2.45, 2.75) is 26.8 Å². The van der Waals surface area contributed by atoms with Gasteiger partial charge in [-0.15, -0.1) is 0 Å². The number of aromatic nitrogens is 2. The zero-order chi connectivity index (χ0) is 14.2. The molecule has 0 aliphatic carbocycles. The van der Waals surface area contributed by atoms with Crippen LogP contribution in [0.25, 0.3) is 11.4 Å². The fourth-order valence-corrected chi connectivity index (χ4v) is 1.95. The minimum absolute atomic E-state index is 0.634. The van der Waals surface area contributed by atoms with Crippen LogP contribution in [0.15, 0.2) is 36.5 Å². The van der Waals surface area contributed by atoms with Crippen molar-refractivity contribution in [3.05, 3.63) is 42.2 Å². The Bertz CT molecular complexity index is 543. The van der Waals surface area contributed by atoms with Crippen LogP contribution in [0.2, 0.25) is 0 Å². The van der Waals surface area contributed by atoms with Gasteiger partial charge in [0.25, 0.3) is 0 Å². The fraction of sp³-hybridized carbons (Fsp3) is 0.375. The van der Waals surface area contributed by atoms with Gasteiger partial charge in [0.2, 0.25) is 0 Å². The Labute approximate surface area is 120 Å². The largest absolute Gasteiger partial charge is 0.493 e. The highest BCUT2D eigenvalue weighted by atomic mass is 16.5. The molecule has 0 saturated carbocycles. The van der Waals surface area contributed by atoms with Crippen molar-refractivity contribution in [1.82, 2.24) is 15.3 Å². The Kier molecular flexibility index (Phi) is 5.50. The third-order valence-corrected chi connectivity index (χ3v) is 2.87. The fourth-order valence-electron chi connectivity index (χ4n) is 1.95. The number of benzene rings is 1. The second-order valence-corrected chi connectivity index (χ2v) is 4.48. The quantitative estimate of drug-likeness (QED) is 0.786. The Hall–Kier alpha value is -1.94. The van der Waals surface area contributed by atoms with E-state index in [1.807, 2.05) is 37.3 Å². The maximum atomic E-state index is 5.63. The molecule has 1 N–H and O–H groups in total. The van der Waals surface area contributed by atoms with E-state index >= 15 is 0 Å². The van der Waals surface area contributed by atoms with Crippen LogP contribution in [0.3, 0.4) is 0 Å². The van der Waals surface area contributed by atoms with E-state index in [9.17, 15) is 0 Å². The molecule has 20 heavy (non-hydrogen) atoms. The summed E-state index contributed by atoms with van der Waals surface area (Å²) in [5, 5.41) is 3.35. The number of rotatable bonds is 7. The summed E-state index contributed by atoms with van der Waals surface area (Å²) >= 11 is 0. The Morgan fingerprint density at radius 2 is 2.00 bits per heavy atom. The summed E-state index contributed by atoms with van der Waals surface area (Å²) in [7, 11) is 0. The number of nitrogens with one attached hydrogen (secondary N) is 1. The van der Waals surface area contributed by atoms with E-state index in [0.717, 1.165) is 36.5 Å². The van der Waals surface area contributed by atoms with E-state index in [-0.39, 0.29) is 0 Å². The molecule has 0 fully saturated rings. The van der Waals surface area contributed by atoms with Crippen LogP contribution in [0.1, 0.15) is 26.0 Å². The van der Waals surface area contributed by atoms with Crippen molar-refractivity contribution in [3.8, 4) is 17.1 Å². The molecule has 0 unspecified atom stereocenters. The van der Waals surface area contributed by atoms with Crippen LogP contribution < -0.4 is 10.1 Å². The first-order valence-corrected chi connectivity index (χ1v) is 7.10. The number of hydrogen-bond acceptors (Lipinski definition) is 4. The zero-order valence-electron chi connectivity index (χ0n) is 12.1. The molecule has 0 atom stereocenters. The monoisotopic (exact) mass is 271 g/mol. The van der Waals surface area contributed by atoms with Gasteiger partial charge in [-0.2, -0.15) is 0 Å². The standard InChI is InChI=1S/C16H21N3O/c1-3-10-17-12-13-9-11-18-16(19-13)14-7-5-6-8-15(14)20-4-2/h5-9,11,17H,3-4,10,12H2,1-2H3. The molecule has 0 amide bonds. The number of nitrogens with zero attached hydrogens (tertiary/aromatic N) is 2. The SMILES string of the molecule is CCCNCc1ccnc(-c2ccccc2OCC)n1. The average Bonchev–Trinajstić information content (AvgIpc) is 2.49. The molecule has 106 valence electrons. The number of ether oxygens (including phenoxy) is 1. The number of para-hydroxylation sites is 1. The maximum absolute atomic E-state index is 5.63. The van der Waals surface area contributed by atoms with Gasteiger partial charge >= 0.3 is 0 Å². The predicted octanol–water partition coefficient (Wildman–Crippen LogP) is 3.04. The van der Waals surface area contributed by atoms with Gasteiger partial charge in [-0.05, 0) is 38.1 Å². The summed E-state index contributed by atoms with van der Waals surface area (Å²) < 4.78 is 5.63. The van der Waals surface area contributed by atoms with Crippen LogP contribution in [0.4, 0.5) is 0 Å². The third kappa shape index (κ3) is 3.78. The Morgan fingerprint density at radius 3 is 2.80 bits per heavy atom. The predicted molar refractivity (Wildman–Crippen MR) is 80.6 cm³/mol. The molecule has 0 aliphatic heterocycles. The second-order valence-electron chi connectivity index (χ2n) is 4.48. The van der Waals surface area contributed by atoms with Crippen LogP contribution >= 0.6 is 0 Å². The molecular weight excluding hydrogens is 250 g/mol. The first kappa shape index (κ1) is 14.5. The van der Waals surface area contributed by atoms with Crippen molar-refractivity contribution < 1.29 is 4.74 Å². The van der Waals surface area contributed by atoms with Crippen molar-refractivity contribution in [2.24, 2.45) is 0 Å². The summed E-state index contributed by atoms with van der Waals surface area (Å²) in [4.78, 5) is 8.97. The normalized spacial score (nSPS) is 10.5. The van der Waals surface area contributed by atoms with Gasteiger partial charge in [-0.3, -0.25) is 0 Å². The molecular formula is C16H21N3O. The highest BCUT2D eigenvalue weighted by Gasteiger charge is 2.08. The summed E-state index contributed by atoms with van der Waals surface area (Å²) in [5.41, 5.74) is 1.93. The average molecular weight is 271 g/mol. The minimum Gasteiger partial charge on any atom is -0.493 e. The molecule has 1 aromatic heterocycles. The molecule has 0 aliphatic rings. The van der Waals surface area contributed by atoms with Crippen molar-refractivity contribution in [1.29, 1.82) is 0 Å². The van der Waals surface area contributed by atoms with E-state index in [1.165, 1.54) is 0 Å². The maximum Gasteiger partial charge on any atom is 0.163 e. The third-order valence-electron chi connectivity index (χ3n) is 2.87. The van der Waals surface area contributed by atoms with Gasteiger partial charge in [0.15, 0.2) is 5.82 Å². The van der Waals surface area contributed by atoms with Crippen LogP contribution in [0, 0.1) is 0 Å². The molecule has 0 saturated heterocycles. The number of hydrogen-bond donors (Lipinski definition) is 1. The molecule has 0 spiro atoms. The lowest BCUT2D eigenvalue weighted by Crippen LogP contribution is -2.15. The van der Waals surface area contributed by atoms with Crippen LogP contribution in [-0.4, -0.2) is 23.1 Å². The summed E-state index contributed by atoms with van der Waals surface area (Å²) in [6.07, 6.45) is 2.92. The van der Waals surface area contributed by atoms with E-state index in [1.54, 1.807) is 6.20 Å². The zero-order valence-corrected chi connectivity index (χ0v) is 12.1. The molecule has 4 nitrogen and oxygen atoms in total. The van der Waals surface area contributed by atoms with Gasteiger partial charge in [0.05, 0.1) is 17.9 Å². The Balaban J connectivity index is 2.22. The first-order chi connectivity index (χ1) is 9.85. The lowest BCUT2D eigenvalue weighted by Gasteiger charge is -2.10. The highest BCUT2D eigenvalue weighted by Crippen LogP contribution is 2.26. The van der Waals surface area contributed by atoms with Crippen molar-refractivity contribution in [2.75, 3.05) is 13.2 Å². The summed E-state index contributed by atoms with van der Waals surface area (Å²) in [6, 6.07) is 9.81. The molecule has 4 heteroatoms. The second kappa shape index (κ2) is 7.60. The first-order valence-electron chi connectivity index (χ1n) is 7.10. The van der Waals surface area contributed by atoms with Gasteiger partial charge in [-0.1, -0.05) is 19.1 Å². The molecule has 0 bridgehead atoms. The van der Waals surface area contributed by atoms with E-state index in [4.69, 9.17) is 4.74 Å². The van der Waals surface area contributed by atoms with E-state index < -0.39 is 0 Å². The van der Waals surface area contributed by atoms with E-state index in [2.05, 4.69) is 22.2 Å². The topological polar surface area (TPSA) is 47.0 Å². The van der Waals surface area contributed by atoms with Crippen LogP contribution in [0.5, 0.6) is 5.75 Å².